The molecule has 1 saturated heterocycles. The van der Waals surface area contributed by atoms with Gasteiger partial charge in [-0.1, -0.05) is 15.9 Å². The zero-order valence-corrected chi connectivity index (χ0v) is 11.4. The lowest BCUT2D eigenvalue weighted by Crippen LogP contribution is -2.28. The van der Waals surface area contributed by atoms with Crippen LogP contribution in [0.15, 0.2) is 24.3 Å². The van der Waals surface area contributed by atoms with E-state index in [-0.39, 0.29) is 5.91 Å². The van der Waals surface area contributed by atoms with E-state index in [0.717, 1.165) is 36.2 Å². The van der Waals surface area contributed by atoms with E-state index in [4.69, 9.17) is 4.74 Å². The number of benzene rings is 1. The van der Waals surface area contributed by atoms with Crippen LogP contribution in [-0.2, 0) is 0 Å². The molecule has 1 aromatic carbocycles. The van der Waals surface area contributed by atoms with Gasteiger partial charge in [-0.25, -0.2) is 0 Å². The average Bonchev–Trinajstić information content (AvgIpc) is 2.87. The molecule has 92 valence electrons. The Bertz CT molecular complexity index is 391. The van der Waals surface area contributed by atoms with Gasteiger partial charge >= 0.3 is 0 Å². The van der Waals surface area contributed by atoms with Crippen molar-refractivity contribution in [2.24, 2.45) is 5.92 Å². The highest BCUT2D eigenvalue weighted by Gasteiger charge is 2.25. The van der Waals surface area contributed by atoms with Gasteiger partial charge in [0.15, 0.2) is 0 Å². The first-order valence-electron chi connectivity index (χ1n) is 5.74. The van der Waals surface area contributed by atoms with Gasteiger partial charge in [0.25, 0.3) is 5.91 Å². The summed E-state index contributed by atoms with van der Waals surface area (Å²) in [5, 5.41) is 0.972. The summed E-state index contributed by atoms with van der Waals surface area (Å²) in [6.07, 6.45) is 1.09. The summed E-state index contributed by atoms with van der Waals surface area (Å²) in [6, 6.07) is 7.29. The molecule has 1 unspecified atom stereocenters. The number of carbonyl (C=O) groups is 1. The highest BCUT2D eigenvalue weighted by atomic mass is 79.9. The first-order chi connectivity index (χ1) is 8.24. The summed E-state index contributed by atoms with van der Waals surface area (Å²) >= 11 is 3.47. The third-order valence-electron chi connectivity index (χ3n) is 3.13. The van der Waals surface area contributed by atoms with Crippen LogP contribution in [0, 0.1) is 5.92 Å². The van der Waals surface area contributed by atoms with Gasteiger partial charge in [0.2, 0.25) is 0 Å². The molecule has 0 bridgehead atoms. The van der Waals surface area contributed by atoms with E-state index in [1.54, 1.807) is 7.11 Å². The predicted octanol–water partition coefficient (Wildman–Crippen LogP) is 2.55. The molecule has 0 spiro atoms. The van der Waals surface area contributed by atoms with E-state index in [1.807, 2.05) is 29.2 Å². The van der Waals surface area contributed by atoms with Crippen molar-refractivity contribution < 1.29 is 9.53 Å². The topological polar surface area (TPSA) is 29.5 Å². The summed E-state index contributed by atoms with van der Waals surface area (Å²) < 4.78 is 5.08. The molecule has 1 aliphatic heterocycles. The fraction of sp³-hybridized carbons (Fsp3) is 0.462. The Morgan fingerprint density at radius 2 is 2.18 bits per heavy atom. The highest BCUT2D eigenvalue weighted by Crippen LogP contribution is 2.21. The largest absolute Gasteiger partial charge is 0.497 e. The molecule has 1 aliphatic rings. The van der Waals surface area contributed by atoms with Gasteiger partial charge in [0.1, 0.15) is 5.75 Å². The Morgan fingerprint density at radius 3 is 2.71 bits per heavy atom. The summed E-state index contributed by atoms with van der Waals surface area (Å²) in [5.41, 5.74) is 0.737. The second kappa shape index (κ2) is 5.54. The van der Waals surface area contributed by atoms with Gasteiger partial charge in [-0.2, -0.15) is 0 Å². The molecule has 0 aromatic heterocycles. The number of ether oxygens (including phenoxy) is 1. The quantitative estimate of drug-likeness (QED) is 0.803. The van der Waals surface area contributed by atoms with Crippen LogP contribution < -0.4 is 4.74 Å². The molecule has 0 aliphatic carbocycles. The molecule has 4 heteroatoms. The number of halogens is 1. The molecule has 1 aromatic rings. The Kier molecular flexibility index (Phi) is 4.05. The Hall–Kier alpha value is -1.03. The lowest BCUT2D eigenvalue weighted by atomic mass is 10.1. The zero-order chi connectivity index (χ0) is 12.3. The molecule has 2 rings (SSSR count). The van der Waals surface area contributed by atoms with E-state index >= 15 is 0 Å². The first kappa shape index (κ1) is 12.4. The van der Waals surface area contributed by atoms with E-state index < -0.39 is 0 Å². The second-order valence-electron chi connectivity index (χ2n) is 4.29. The standard InChI is InChI=1S/C13H16BrNO2/c1-17-12-4-2-11(3-5-12)13(16)15-7-6-10(8-14)9-15/h2-5,10H,6-9H2,1H3. The smallest absolute Gasteiger partial charge is 0.253 e. The monoisotopic (exact) mass is 297 g/mol. The van der Waals surface area contributed by atoms with Crippen molar-refractivity contribution in [3.8, 4) is 5.75 Å². The summed E-state index contributed by atoms with van der Waals surface area (Å²) in [5.74, 6) is 1.50. The van der Waals surface area contributed by atoms with Crippen molar-refractivity contribution >= 4 is 21.8 Å². The van der Waals surface area contributed by atoms with Gasteiger partial charge in [-0.05, 0) is 36.6 Å². The van der Waals surface area contributed by atoms with Crippen molar-refractivity contribution in [3.63, 3.8) is 0 Å². The number of hydrogen-bond acceptors (Lipinski definition) is 2. The van der Waals surface area contributed by atoms with Crippen LogP contribution in [-0.4, -0.2) is 36.3 Å². The Balaban J connectivity index is 2.04. The minimum Gasteiger partial charge on any atom is -0.497 e. The zero-order valence-electron chi connectivity index (χ0n) is 9.86. The van der Waals surface area contributed by atoms with Crippen molar-refractivity contribution in [1.29, 1.82) is 0 Å². The van der Waals surface area contributed by atoms with Gasteiger partial charge in [-0.15, -0.1) is 0 Å². The van der Waals surface area contributed by atoms with Crippen LogP contribution in [0.2, 0.25) is 0 Å². The van der Waals surface area contributed by atoms with E-state index in [9.17, 15) is 4.79 Å². The molecule has 1 fully saturated rings. The van der Waals surface area contributed by atoms with Crippen molar-refractivity contribution in [3.05, 3.63) is 29.8 Å². The summed E-state index contributed by atoms with van der Waals surface area (Å²) in [6.45, 7) is 1.72. The van der Waals surface area contributed by atoms with Gasteiger partial charge in [0.05, 0.1) is 7.11 Å². The van der Waals surface area contributed by atoms with Crippen LogP contribution >= 0.6 is 15.9 Å². The Morgan fingerprint density at radius 1 is 1.47 bits per heavy atom. The lowest BCUT2D eigenvalue weighted by molar-refractivity contribution is 0.0788. The number of carbonyl (C=O) groups excluding carboxylic acids is 1. The Labute approximate surface area is 110 Å². The minimum absolute atomic E-state index is 0.121. The first-order valence-corrected chi connectivity index (χ1v) is 6.86. The number of likely N-dealkylation sites (tertiary alicyclic amines) is 1. The maximum atomic E-state index is 12.2. The number of hydrogen-bond donors (Lipinski definition) is 0. The number of nitrogens with zero attached hydrogens (tertiary/aromatic N) is 1. The van der Waals surface area contributed by atoms with Crippen molar-refractivity contribution in [1.82, 2.24) is 4.90 Å². The highest BCUT2D eigenvalue weighted by molar-refractivity contribution is 9.09. The second-order valence-corrected chi connectivity index (χ2v) is 4.94. The SMILES string of the molecule is COc1ccc(C(=O)N2CCC(CBr)C2)cc1. The van der Waals surface area contributed by atoms with Crippen molar-refractivity contribution in [2.45, 2.75) is 6.42 Å². The van der Waals surface area contributed by atoms with E-state index in [0.29, 0.717) is 5.92 Å². The van der Waals surface area contributed by atoms with Crippen molar-refractivity contribution in [2.75, 3.05) is 25.5 Å². The maximum Gasteiger partial charge on any atom is 0.253 e. The third kappa shape index (κ3) is 2.80. The molecular formula is C13H16BrNO2. The summed E-state index contributed by atoms with van der Waals surface area (Å²) in [4.78, 5) is 14.1. The normalized spacial score (nSPS) is 19.4. The molecule has 3 nitrogen and oxygen atoms in total. The molecule has 1 atom stereocenters. The lowest BCUT2D eigenvalue weighted by Gasteiger charge is -2.16. The number of rotatable bonds is 3. The van der Waals surface area contributed by atoms with Gasteiger partial charge < -0.3 is 9.64 Å². The summed E-state index contributed by atoms with van der Waals surface area (Å²) in [7, 11) is 1.62. The van der Waals surface area contributed by atoms with Crippen LogP contribution in [0.1, 0.15) is 16.8 Å². The van der Waals surface area contributed by atoms with E-state index in [1.165, 1.54) is 0 Å². The van der Waals surface area contributed by atoms with Gasteiger partial charge in [0, 0.05) is 24.0 Å². The molecule has 0 radical (unpaired) electrons. The molecule has 0 N–H and O–H groups in total. The van der Waals surface area contributed by atoms with Crippen LogP contribution in [0.4, 0.5) is 0 Å². The number of alkyl halides is 1. The van der Waals surface area contributed by atoms with Crippen LogP contribution in [0.3, 0.4) is 0 Å². The fourth-order valence-corrected chi connectivity index (χ4v) is 2.59. The van der Waals surface area contributed by atoms with Crippen LogP contribution in [0.5, 0.6) is 5.75 Å². The average molecular weight is 298 g/mol. The molecule has 1 heterocycles. The fourth-order valence-electron chi connectivity index (χ4n) is 2.06. The number of amides is 1. The molecule has 1 amide bonds. The maximum absolute atomic E-state index is 12.2. The predicted molar refractivity (Wildman–Crippen MR) is 70.8 cm³/mol. The molecule has 17 heavy (non-hydrogen) atoms. The van der Waals surface area contributed by atoms with Crippen LogP contribution in [0.25, 0.3) is 0 Å². The third-order valence-corrected chi connectivity index (χ3v) is 4.04. The minimum atomic E-state index is 0.121. The molecular weight excluding hydrogens is 282 g/mol. The number of methoxy groups -OCH3 is 1. The van der Waals surface area contributed by atoms with E-state index in [2.05, 4.69) is 15.9 Å². The molecule has 0 saturated carbocycles. The van der Waals surface area contributed by atoms with Gasteiger partial charge in [-0.3, -0.25) is 4.79 Å².